The summed E-state index contributed by atoms with van der Waals surface area (Å²) in [4.78, 5) is 26.3. The van der Waals surface area contributed by atoms with Gasteiger partial charge in [0.25, 0.3) is 5.91 Å². The zero-order valence-electron chi connectivity index (χ0n) is 12.6. The van der Waals surface area contributed by atoms with Gasteiger partial charge in [-0.3, -0.25) is 9.59 Å². The first-order valence-corrected chi connectivity index (χ1v) is 7.24. The molecule has 6 nitrogen and oxygen atoms in total. The average molecular weight is 299 g/mol. The van der Waals surface area contributed by atoms with Crippen LogP contribution < -0.4 is 0 Å². The summed E-state index contributed by atoms with van der Waals surface area (Å²) in [7, 11) is 0. The van der Waals surface area contributed by atoms with E-state index in [-0.39, 0.29) is 28.4 Å². The Morgan fingerprint density at radius 2 is 2.27 bits per heavy atom. The van der Waals surface area contributed by atoms with Crippen molar-refractivity contribution in [2.75, 3.05) is 13.1 Å². The number of rotatable bonds is 1. The van der Waals surface area contributed by atoms with Crippen LogP contribution in [-0.2, 0) is 4.79 Å². The highest BCUT2D eigenvalue weighted by atomic mass is 16.5. The molecule has 22 heavy (non-hydrogen) atoms. The summed E-state index contributed by atoms with van der Waals surface area (Å²) in [5, 5.41) is 12.9. The number of allylic oxidation sites excluding steroid dienone is 1. The molecule has 1 amide bonds. The lowest BCUT2D eigenvalue weighted by Gasteiger charge is -2.38. The van der Waals surface area contributed by atoms with E-state index in [4.69, 9.17) is 4.52 Å². The predicted octanol–water partition coefficient (Wildman–Crippen LogP) is 1.96. The number of carbonyl (C=O) groups is 2. The van der Waals surface area contributed by atoms with Gasteiger partial charge in [-0.15, -0.1) is 0 Å². The lowest BCUT2D eigenvalue weighted by Crippen LogP contribution is -2.40. The van der Waals surface area contributed by atoms with E-state index in [0.29, 0.717) is 19.5 Å². The molecule has 2 aliphatic rings. The van der Waals surface area contributed by atoms with Crippen LogP contribution >= 0.6 is 0 Å². The summed E-state index contributed by atoms with van der Waals surface area (Å²) >= 11 is 0. The number of hydrogen-bond donors (Lipinski definition) is 0. The Labute approximate surface area is 128 Å². The van der Waals surface area contributed by atoms with Gasteiger partial charge in [0.15, 0.2) is 11.5 Å². The Morgan fingerprint density at radius 3 is 2.91 bits per heavy atom. The third-order valence-corrected chi connectivity index (χ3v) is 4.55. The van der Waals surface area contributed by atoms with E-state index < -0.39 is 5.41 Å². The molecule has 1 aromatic rings. The van der Waals surface area contributed by atoms with E-state index >= 15 is 0 Å². The first-order chi connectivity index (χ1) is 10.4. The standard InChI is InChI=1S/C16H17N3O3/c1-15(2)9-16(7-11(8-17)13(15)20)4-5-19(10-16)14(21)12-3-6-22-18-12/h3,6-7H,4-5,9-10H2,1-2H3. The van der Waals surface area contributed by atoms with Crippen LogP contribution in [-0.4, -0.2) is 34.8 Å². The van der Waals surface area contributed by atoms with Crippen molar-refractivity contribution in [3.05, 3.63) is 29.7 Å². The molecule has 1 aliphatic heterocycles. The minimum absolute atomic E-state index is 0.109. The fourth-order valence-corrected chi connectivity index (χ4v) is 3.65. The zero-order chi connectivity index (χ0) is 16.0. The molecule has 1 saturated heterocycles. The summed E-state index contributed by atoms with van der Waals surface area (Å²) in [5.74, 6) is -0.283. The Balaban J connectivity index is 1.87. The van der Waals surface area contributed by atoms with Gasteiger partial charge in [-0.05, 0) is 12.8 Å². The Hall–Kier alpha value is -2.42. The van der Waals surface area contributed by atoms with Gasteiger partial charge in [0.1, 0.15) is 12.3 Å². The normalized spacial score (nSPS) is 26.9. The van der Waals surface area contributed by atoms with E-state index in [9.17, 15) is 14.9 Å². The number of amides is 1. The molecule has 0 N–H and O–H groups in total. The van der Waals surface area contributed by atoms with Crippen LogP contribution in [0.25, 0.3) is 0 Å². The first kappa shape index (κ1) is 14.5. The second-order valence-electron chi connectivity index (χ2n) is 6.78. The van der Waals surface area contributed by atoms with Crippen LogP contribution in [0.1, 0.15) is 37.2 Å². The molecule has 0 aromatic carbocycles. The minimum Gasteiger partial charge on any atom is -0.364 e. The van der Waals surface area contributed by atoms with Crippen molar-refractivity contribution in [1.82, 2.24) is 10.1 Å². The highest BCUT2D eigenvalue weighted by molar-refractivity contribution is 6.03. The number of nitriles is 1. The van der Waals surface area contributed by atoms with Crippen molar-refractivity contribution in [1.29, 1.82) is 5.26 Å². The van der Waals surface area contributed by atoms with Gasteiger partial charge >= 0.3 is 0 Å². The van der Waals surface area contributed by atoms with Crippen LogP contribution in [0, 0.1) is 22.2 Å². The minimum atomic E-state index is -0.577. The maximum atomic E-state index is 12.4. The summed E-state index contributed by atoms with van der Waals surface area (Å²) in [6.45, 7) is 4.82. The van der Waals surface area contributed by atoms with E-state index in [2.05, 4.69) is 5.16 Å². The number of hydrogen-bond acceptors (Lipinski definition) is 5. The molecule has 6 heteroatoms. The van der Waals surface area contributed by atoms with Crippen molar-refractivity contribution in [2.24, 2.45) is 10.8 Å². The third kappa shape index (κ3) is 2.23. The molecule has 3 rings (SSSR count). The first-order valence-electron chi connectivity index (χ1n) is 7.24. The molecule has 1 atom stereocenters. The van der Waals surface area contributed by atoms with E-state index in [1.54, 1.807) is 11.0 Å². The Bertz CT molecular complexity index is 697. The number of Topliss-reactive ketones (excluding diaryl/α,β-unsaturated/α-hetero) is 1. The number of carbonyl (C=O) groups excluding carboxylic acids is 2. The molecule has 1 fully saturated rings. The third-order valence-electron chi connectivity index (χ3n) is 4.55. The molecule has 114 valence electrons. The van der Waals surface area contributed by atoms with E-state index in [1.807, 2.05) is 19.9 Å². The van der Waals surface area contributed by atoms with Crippen LogP contribution in [0.3, 0.4) is 0 Å². The molecule has 1 aliphatic carbocycles. The van der Waals surface area contributed by atoms with Crippen molar-refractivity contribution >= 4 is 11.7 Å². The van der Waals surface area contributed by atoms with Crippen LogP contribution in [0.2, 0.25) is 0 Å². The molecular weight excluding hydrogens is 282 g/mol. The molecule has 0 radical (unpaired) electrons. The van der Waals surface area contributed by atoms with Gasteiger partial charge in [0, 0.05) is 30.0 Å². The van der Waals surface area contributed by atoms with Crippen molar-refractivity contribution < 1.29 is 14.1 Å². The lowest BCUT2D eigenvalue weighted by atomic mass is 9.64. The lowest BCUT2D eigenvalue weighted by molar-refractivity contribution is -0.125. The topological polar surface area (TPSA) is 87.2 Å². The van der Waals surface area contributed by atoms with Gasteiger partial charge in [-0.25, -0.2) is 0 Å². The van der Waals surface area contributed by atoms with Crippen LogP contribution in [0.5, 0.6) is 0 Å². The number of aromatic nitrogens is 1. The van der Waals surface area contributed by atoms with Gasteiger partial charge in [-0.1, -0.05) is 25.1 Å². The van der Waals surface area contributed by atoms with Gasteiger partial charge < -0.3 is 9.42 Å². The van der Waals surface area contributed by atoms with E-state index in [1.165, 1.54) is 12.3 Å². The highest BCUT2D eigenvalue weighted by Crippen LogP contribution is 2.48. The highest BCUT2D eigenvalue weighted by Gasteiger charge is 2.49. The largest absolute Gasteiger partial charge is 0.364 e. The summed E-state index contributed by atoms with van der Waals surface area (Å²) in [6.07, 6.45) is 4.54. The Morgan fingerprint density at radius 1 is 1.50 bits per heavy atom. The quantitative estimate of drug-likeness (QED) is 0.791. The van der Waals surface area contributed by atoms with Gasteiger partial charge in [-0.2, -0.15) is 5.26 Å². The summed E-state index contributed by atoms with van der Waals surface area (Å²) in [6, 6.07) is 3.55. The SMILES string of the molecule is CC1(C)CC2(C=C(C#N)C1=O)CCN(C(=O)c1ccon1)C2. The number of ketones is 1. The van der Waals surface area contributed by atoms with Gasteiger partial charge in [0.05, 0.1) is 5.57 Å². The van der Waals surface area contributed by atoms with Crippen molar-refractivity contribution in [3.63, 3.8) is 0 Å². The fourth-order valence-electron chi connectivity index (χ4n) is 3.65. The van der Waals surface area contributed by atoms with E-state index in [0.717, 1.165) is 6.42 Å². The van der Waals surface area contributed by atoms with Gasteiger partial charge in [0.2, 0.25) is 0 Å². The second kappa shape index (κ2) is 4.80. The zero-order valence-corrected chi connectivity index (χ0v) is 12.6. The molecule has 0 saturated carbocycles. The second-order valence-corrected chi connectivity index (χ2v) is 6.78. The maximum Gasteiger partial charge on any atom is 0.276 e. The van der Waals surface area contributed by atoms with Crippen molar-refractivity contribution in [2.45, 2.75) is 26.7 Å². The molecule has 0 bridgehead atoms. The average Bonchev–Trinajstić information content (AvgIpc) is 3.12. The molecule has 1 aromatic heterocycles. The monoisotopic (exact) mass is 299 g/mol. The van der Waals surface area contributed by atoms with Crippen LogP contribution in [0.4, 0.5) is 0 Å². The van der Waals surface area contributed by atoms with Crippen LogP contribution in [0.15, 0.2) is 28.5 Å². The maximum absolute atomic E-state index is 12.4. The molecule has 2 heterocycles. The molecular formula is C16H17N3O3. The predicted molar refractivity (Wildman–Crippen MR) is 76.6 cm³/mol. The molecule has 1 unspecified atom stereocenters. The summed E-state index contributed by atoms with van der Waals surface area (Å²) < 4.78 is 4.72. The smallest absolute Gasteiger partial charge is 0.276 e. The molecule has 1 spiro atoms. The number of nitrogens with zero attached hydrogens (tertiary/aromatic N) is 3. The fraction of sp³-hybridized carbons (Fsp3) is 0.500. The Kier molecular flexibility index (Phi) is 3.17. The van der Waals surface area contributed by atoms with Crippen molar-refractivity contribution in [3.8, 4) is 6.07 Å². The summed E-state index contributed by atoms with van der Waals surface area (Å²) in [5.41, 5.74) is -0.381. The number of likely N-dealkylation sites (tertiary alicyclic amines) is 1.